The van der Waals surface area contributed by atoms with Crippen molar-refractivity contribution in [3.8, 4) is 0 Å². The highest BCUT2D eigenvalue weighted by Crippen LogP contribution is 2.35. The Morgan fingerprint density at radius 2 is 2.06 bits per heavy atom. The molecule has 98 valence electrons. The predicted molar refractivity (Wildman–Crippen MR) is 73.1 cm³/mol. The van der Waals surface area contributed by atoms with Crippen molar-refractivity contribution in [2.75, 3.05) is 6.54 Å². The zero-order valence-corrected chi connectivity index (χ0v) is 11.0. The molecule has 18 heavy (non-hydrogen) atoms. The molecule has 2 rings (SSSR count). The summed E-state index contributed by atoms with van der Waals surface area (Å²) in [6.45, 7) is 2.29. The van der Waals surface area contributed by atoms with Gasteiger partial charge in [-0.1, -0.05) is 37.3 Å². The SMILES string of the molecule is CC(CN)C(=O)NC1(Cc2ccccc2)CCC1. The average molecular weight is 246 g/mol. The Labute approximate surface area is 109 Å². The van der Waals surface area contributed by atoms with E-state index >= 15 is 0 Å². The van der Waals surface area contributed by atoms with E-state index in [4.69, 9.17) is 5.73 Å². The van der Waals surface area contributed by atoms with Gasteiger partial charge in [-0.25, -0.2) is 0 Å². The quantitative estimate of drug-likeness (QED) is 0.833. The lowest BCUT2D eigenvalue weighted by molar-refractivity contribution is -0.127. The number of nitrogens with two attached hydrogens (primary N) is 1. The molecule has 0 radical (unpaired) electrons. The van der Waals surface area contributed by atoms with E-state index in [0.717, 1.165) is 19.3 Å². The number of hydrogen-bond acceptors (Lipinski definition) is 2. The topological polar surface area (TPSA) is 55.1 Å². The summed E-state index contributed by atoms with van der Waals surface area (Å²) in [5.41, 5.74) is 6.81. The fourth-order valence-corrected chi connectivity index (χ4v) is 2.43. The van der Waals surface area contributed by atoms with E-state index in [1.54, 1.807) is 0 Å². The zero-order valence-electron chi connectivity index (χ0n) is 11.0. The summed E-state index contributed by atoms with van der Waals surface area (Å²) in [5.74, 6) is -0.00798. The number of carbonyl (C=O) groups excluding carboxylic acids is 1. The first kappa shape index (κ1) is 13.1. The van der Waals surface area contributed by atoms with Gasteiger partial charge in [0.05, 0.1) is 0 Å². The van der Waals surface area contributed by atoms with E-state index in [0.29, 0.717) is 6.54 Å². The number of carbonyl (C=O) groups is 1. The summed E-state index contributed by atoms with van der Waals surface area (Å²) in [4.78, 5) is 12.0. The van der Waals surface area contributed by atoms with Crippen LogP contribution < -0.4 is 11.1 Å². The van der Waals surface area contributed by atoms with Gasteiger partial charge in [0, 0.05) is 18.0 Å². The highest BCUT2D eigenvalue weighted by atomic mass is 16.2. The van der Waals surface area contributed by atoms with Crippen LogP contribution in [0.15, 0.2) is 30.3 Å². The van der Waals surface area contributed by atoms with Crippen LogP contribution >= 0.6 is 0 Å². The third-order valence-corrected chi connectivity index (χ3v) is 3.89. The molecule has 1 fully saturated rings. The van der Waals surface area contributed by atoms with Gasteiger partial charge in [0.1, 0.15) is 0 Å². The smallest absolute Gasteiger partial charge is 0.224 e. The van der Waals surface area contributed by atoms with Crippen LogP contribution in [0.3, 0.4) is 0 Å². The van der Waals surface area contributed by atoms with Crippen LogP contribution in [0.1, 0.15) is 31.7 Å². The van der Waals surface area contributed by atoms with Gasteiger partial charge < -0.3 is 11.1 Å². The van der Waals surface area contributed by atoms with Gasteiger partial charge in [-0.15, -0.1) is 0 Å². The van der Waals surface area contributed by atoms with Crippen LogP contribution in [0.4, 0.5) is 0 Å². The molecule has 3 heteroatoms. The summed E-state index contributed by atoms with van der Waals surface area (Å²) in [7, 11) is 0. The van der Waals surface area contributed by atoms with Gasteiger partial charge in [-0.2, -0.15) is 0 Å². The zero-order chi connectivity index (χ0) is 13.0. The standard InChI is InChI=1S/C15H22N2O/c1-12(11-16)14(18)17-15(8-5-9-15)10-13-6-3-2-4-7-13/h2-4,6-7,12H,5,8-11,16H2,1H3,(H,17,18). The molecule has 1 aliphatic carbocycles. The Balaban J connectivity index is 2.01. The molecule has 0 aliphatic heterocycles. The molecular weight excluding hydrogens is 224 g/mol. The molecule has 1 aromatic carbocycles. The van der Waals surface area contributed by atoms with Crippen LogP contribution in [0, 0.1) is 5.92 Å². The van der Waals surface area contributed by atoms with Gasteiger partial charge in [0.15, 0.2) is 0 Å². The molecule has 0 heterocycles. The Morgan fingerprint density at radius 1 is 1.39 bits per heavy atom. The van der Waals surface area contributed by atoms with Gasteiger partial charge in [0.25, 0.3) is 0 Å². The van der Waals surface area contributed by atoms with Crippen LogP contribution in [-0.2, 0) is 11.2 Å². The summed E-state index contributed by atoms with van der Waals surface area (Å²) in [6, 6.07) is 10.4. The Morgan fingerprint density at radius 3 is 2.56 bits per heavy atom. The van der Waals surface area contributed by atoms with Crippen molar-refractivity contribution in [1.82, 2.24) is 5.32 Å². The fourth-order valence-electron chi connectivity index (χ4n) is 2.43. The maximum Gasteiger partial charge on any atom is 0.224 e. The average Bonchev–Trinajstić information content (AvgIpc) is 2.36. The lowest BCUT2D eigenvalue weighted by Gasteiger charge is -2.43. The number of rotatable bonds is 5. The van der Waals surface area contributed by atoms with Crippen molar-refractivity contribution in [3.05, 3.63) is 35.9 Å². The first-order valence-electron chi connectivity index (χ1n) is 6.71. The first-order chi connectivity index (χ1) is 8.65. The second kappa shape index (κ2) is 5.53. The monoisotopic (exact) mass is 246 g/mol. The van der Waals surface area contributed by atoms with E-state index in [-0.39, 0.29) is 17.4 Å². The normalized spacial score (nSPS) is 18.8. The second-order valence-corrected chi connectivity index (χ2v) is 5.42. The summed E-state index contributed by atoms with van der Waals surface area (Å²) >= 11 is 0. The van der Waals surface area contributed by atoms with Crippen LogP contribution in [0.5, 0.6) is 0 Å². The molecule has 0 aromatic heterocycles. The molecule has 3 N–H and O–H groups in total. The maximum absolute atomic E-state index is 12.0. The summed E-state index contributed by atoms with van der Waals surface area (Å²) in [6.07, 6.45) is 4.27. The molecule has 1 unspecified atom stereocenters. The fraction of sp³-hybridized carbons (Fsp3) is 0.533. The predicted octanol–water partition coefficient (Wildman–Crippen LogP) is 1.86. The Kier molecular flexibility index (Phi) is 4.02. The van der Waals surface area contributed by atoms with E-state index < -0.39 is 0 Å². The minimum absolute atomic E-state index is 0.0259. The molecule has 0 spiro atoms. The van der Waals surface area contributed by atoms with Crippen molar-refractivity contribution < 1.29 is 4.79 Å². The van der Waals surface area contributed by atoms with Gasteiger partial charge in [-0.05, 0) is 31.2 Å². The number of hydrogen-bond donors (Lipinski definition) is 2. The molecule has 1 saturated carbocycles. The highest BCUT2D eigenvalue weighted by Gasteiger charge is 2.38. The molecule has 1 aromatic rings. The third kappa shape index (κ3) is 2.91. The second-order valence-electron chi connectivity index (χ2n) is 5.42. The highest BCUT2D eigenvalue weighted by molar-refractivity contribution is 5.79. The number of amides is 1. The molecule has 1 aliphatic rings. The lowest BCUT2D eigenvalue weighted by atomic mass is 9.72. The minimum Gasteiger partial charge on any atom is -0.350 e. The lowest BCUT2D eigenvalue weighted by Crippen LogP contribution is -2.56. The Hall–Kier alpha value is -1.35. The van der Waals surface area contributed by atoms with Crippen molar-refractivity contribution >= 4 is 5.91 Å². The number of nitrogens with one attached hydrogen (secondary N) is 1. The van der Waals surface area contributed by atoms with Crippen molar-refractivity contribution in [2.45, 2.75) is 38.1 Å². The molecule has 1 atom stereocenters. The van der Waals surface area contributed by atoms with E-state index in [1.165, 1.54) is 12.0 Å². The van der Waals surface area contributed by atoms with Crippen molar-refractivity contribution in [3.63, 3.8) is 0 Å². The summed E-state index contributed by atoms with van der Waals surface area (Å²) in [5, 5.41) is 3.21. The van der Waals surface area contributed by atoms with Crippen LogP contribution in [0.25, 0.3) is 0 Å². The maximum atomic E-state index is 12.0. The first-order valence-corrected chi connectivity index (χ1v) is 6.71. The van der Waals surface area contributed by atoms with Crippen LogP contribution in [0.2, 0.25) is 0 Å². The molecule has 1 amide bonds. The molecule has 0 bridgehead atoms. The van der Waals surface area contributed by atoms with Crippen LogP contribution in [-0.4, -0.2) is 18.0 Å². The van der Waals surface area contributed by atoms with Crippen molar-refractivity contribution in [2.24, 2.45) is 11.7 Å². The third-order valence-electron chi connectivity index (χ3n) is 3.89. The summed E-state index contributed by atoms with van der Waals surface area (Å²) < 4.78 is 0. The largest absolute Gasteiger partial charge is 0.350 e. The minimum atomic E-state index is -0.0988. The number of benzene rings is 1. The Bertz CT molecular complexity index is 398. The van der Waals surface area contributed by atoms with E-state index in [9.17, 15) is 4.79 Å². The molecule has 0 saturated heterocycles. The van der Waals surface area contributed by atoms with Gasteiger partial charge >= 0.3 is 0 Å². The van der Waals surface area contributed by atoms with Gasteiger partial charge in [-0.3, -0.25) is 4.79 Å². The molecule has 3 nitrogen and oxygen atoms in total. The van der Waals surface area contributed by atoms with E-state index in [1.807, 2.05) is 25.1 Å². The van der Waals surface area contributed by atoms with E-state index in [2.05, 4.69) is 17.4 Å². The molecular formula is C15H22N2O. The van der Waals surface area contributed by atoms with Gasteiger partial charge in [0.2, 0.25) is 5.91 Å². The van der Waals surface area contributed by atoms with Crippen molar-refractivity contribution in [1.29, 1.82) is 0 Å².